The molecule has 3 nitrogen and oxygen atoms in total. The van der Waals surface area contributed by atoms with E-state index >= 15 is 0 Å². The molecule has 2 N–H and O–H groups in total. The highest BCUT2D eigenvalue weighted by molar-refractivity contribution is 14.1. The van der Waals surface area contributed by atoms with Crippen LogP contribution in [0.2, 0.25) is 0 Å². The maximum Gasteiger partial charge on any atom is 0.0930 e. The van der Waals surface area contributed by atoms with Crippen LogP contribution in [0.15, 0.2) is 41.1 Å². The van der Waals surface area contributed by atoms with Crippen molar-refractivity contribution in [2.24, 2.45) is 5.73 Å². The Kier molecular flexibility index (Phi) is 4.80. The lowest BCUT2D eigenvalue weighted by Crippen LogP contribution is -2.33. The van der Waals surface area contributed by atoms with Gasteiger partial charge in [-0.1, -0.05) is 41.1 Å². The Balaban J connectivity index is 2.47. The van der Waals surface area contributed by atoms with Crippen molar-refractivity contribution in [1.82, 2.24) is 9.78 Å². The van der Waals surface area contributed by atoms with Gasteiger partial charge >= 0.3 is 0 Å². The lowest BCUT2D eigenvalue weighted by molar-refractivity contribution is 0.422. The Morgan fingerprint density at radius 2 is 2.17 bits per heavy atom. The van der Waals surface area contributed by atoms with Crippen LogP contribution in [0, 0.1) is 3.57 Å². The first-order valence-corrected chi connectivity index (χ1v) is 7.70. The second-order valence-electron chi connectivity index (χ2n) is 4.18. The van der Waals surface area contributed by atoms with E-state index in [2.05, 4.69) is 56.6 Å². The Morgan fingerprint density at radius 1 is 1.44 bits per heavy atom. The summed E-state index contributed by atoms with van der Waals surface area (Å²) in [6.45, 7) is 2.10. The first-order valence-electron chi connectivity index (χ1n) is 5.83. The van der Waals surface area contributed by atoms with Crippen LogP contribution in [0.3, 0.4) is 0 Å². The summed E-state index contributed by atoms with van der Waals surface area (Å²) in [5, 5.41) is 4.41. The lowest BCUT2D eigenvalue weighted by atomic mass is 9.98. The second-order valence-corrected chi connectivity index (χ2v) is 6.28. The molecule has 5 heteroatoms. The number of nitrogens with zero attached hydrogens (tertiary/aromatic N) is 2. The zero-order chi connectivity index (χ0) is 13.1. The second kappa shape index (κ2) is 6.16. The van der Waals surface area contributed by atoms with Crippen LogP contribution in [0.1, 0.15) is 24.9 Å². The Morgan fingerprint density at radius 3 is 2.72 bits per heavy atom. The van der Waals surface area contributed by atoms with Crippen LogP contribution in [0.25, 0.3) is 0 Å². The molecule has 2 rings (SSSR count). The lowest BCUT2D eigenvalue weighted by Gasteiger charge is -2.24. The van der Waals surface area contributed by atoms with E-state index in [1.54, 1.807) is 0 Å². The van der Waals surface area contributed by atoms with Gasteiger partial charge in [-0.15, -0.1) is 0 Å². The molecule has 0 saturated heterocycles. The quantitative estimate of drug-likeness (QED) is 0.769. The average molecular weight is 420 g/mol. The van der Waals surface area contributed by atoms with Crippen molar-refractivity contribution in [3.63, 3.8) is 0 Å². The van der Waals surface area contributed by atoms with Gasteiger partial charge in [0.25, 0.3) is 0 Å². The van der Waals surface area contributed by atoms with Crippen molar-refractivity contribution in [1.29, 1.82) is 0 Å². The molecule has 1 aromatic heterocycles. The minimum atomic E-state index is 0.0411. The zero-order valence-electron chi connectivity index (χ0n) is 10.1. The molecule has 96 valence electrons. The number of hydrogen-bond acceptors (Lipinski definition) is 2. The third-order valence-corrected chi connectivity index (χ3v) is 4.24. The molecule has 2 aromatic rings. The summed E-state index contributed by atoms with van der Waals surface area (Å²) >= 11 is 5.86. The number of rotatable bonds is 4. The van der Waals surface area contributed by atoms with Gasteiger partial charge in [0.05, 0.1) is 15.8 Å². The Labute approximate surface area is 129 Å². The molecule has 0 aliphatic heterocycles. The third kappa shape index (κ3) is 2.95. The van der Waals surface area contributed by atoms with Gasteiger partial charge < -0.3 is 5.73 Å². The molecule has 0 saturated carbocycles. The maximum atomic E-state index is 6.28. The van der Waals surface area contributed by atoms with Crippen molar-refractivity contribution in [2.45, 2.75) is 25.4 Å². The predicted molar refractivity (Wildman–Crippen MR) is 85.5 cm³/mol. The standard InChI is InChI=1S/C13H15BrIN3/c1-2-12(16)13(18-8-9(15)7-17-18)10-5-3-4-6-11(10)14/h3-8,12-13H,2,16H2,1H3. The molecule has 0 fully saturated rings. The van der Waals surface area contributed by atoms with E-state index in [0.29, 0.717) is 0 Å². The Hall–Kier alpha value is -0.400. The predicted octanol–water partition coefficient (Wildman–Crippen LogP) is 3.58. The molecular weight excluding hydrogens is 405 g/mol. The van der Waals surface area contributed by atoms with Crippen molar-refractivity contribution in [3.05, 3.63) is 50.3 Å². The van der Waals surface area contributed by atoms with Crippen molar-refractivity contribution < 1.29 is 0 Å². The summed E-state index contributed by atoms with van der Waals surface area (Å²) < 4.78 is 4.15. The number of nitrogens with two attached hydrogens (primary N) is 1. The highest BCUT2D eigenvalue weighted by Crippen LogP contribution is 2.29. The first kappa shape index (κ1) is 14.0. The molecular formula is C13H15BrIN3. The van der Waals surface area contributed by atoms with Gasteiger partial charge in [0.2, 0.25) is 0 Å². The maximum absolute atomic E-state index is 6.28. The fourth-order valence-electron chi connectivity index (χ4n) is 1.97. The SMILES string of the molecule is CCC(N)C(c1ccccc1Br)n1cc(I)cn1. The van der Waals surface area contributed by atoms with Crippen molar-refractivity contribution in [2.75, 3.05) is 0 Å². The largest absolute Gasteiger partial charge is 0.326 e. The summed E-state index contributed by atoms with van der Waals surface area (Å²) in [6.07, 6.45) is 4.79. The third-order valence-electron chi connectivity index (χ3n) is 2.96. The molecule has 18 heavy (non-hydrogen) atoms. The van der Waals surface area contributed by atoms with Crippen molar-refractivity contribution >= 4 is 38.5 Å². The number of aromatic nitrogens is 2. The fraction of sp³-hybridized carbons (Fsp3) is 0.308. The van der Waals surface area contributed by atoms with E-state index in [4.69, 9.17) is 5.73 Å². The van der Waals surface area contributed by atoms with Gasteiger partial charge in [0.15, 0.2) is 0 Å². The van der Waals surface area contributed by atoms with Gasteiger partial charge in [0.1, 0.15) is 0 Å². The summed E-state index contributed by atoms with van der Waals surface area (Å²) in [7, 11) is 0. The summed E-state index contributed by atoms with van der Waals surface area (Å²) in [6, 6.07) is 8.28. The van der Waals surface area contributed by atoms with Gasteiger partial charge in [0, 0.05) is 16.7 Å². The molecule has 0 aliphatic rings. The summed E-state index contributed by atoms with van der Waals surface area (Å²) in [5.74, 6) is 0. The van der Waals surface area contributed by atoms with E-state index in [1.807, 2.05) is 35.3 Å². The topological polar surface area (TPSA) is 43.8 Å². The van der Waals surface area contributed by atoms with Crippen LogP contribution in [-0.4, -0.2) is 15.8 Å². The highest BCUT2D eigenvalue weighted by atomic mass is 127. The molecule has 0 spiro atoms. The molecule has 0 radical (unpaired) electrons. The average Bonchev–Trinajstić information content (AvgIpc) is 2.78. The first-order chi connectivity index (χ1) is 8.63. The molecule has 1 aromatic carbocycles. The van der Waals surface area contributed by atoms with Crippen LogP contribution >= 0.6 is 38.5 Å². The van der Waals surface area contributed by atoms with E-state index in [0.717, 1.165) is 14.5 Å². The van der Waals surface area contributed by atoms with E-state index in [1.165, 1.54) is 5.56 Å². The molecule has 2 unspecified atom stereocenters. The monoisotopic (exact) mass is 419 g/mol. The molecule has 0 aliphatic carbocycles. The number of hydrogen-bond donors (Lipinski definition) is 1. The smallest absolute Gasteiger partial charge is 0.0930 e. The Bertz CT molecular complexity index is 526. The summed E-state index contributed by atoms with van der Waals surface area (Å²) in [4.78, 5) is 0. The van der Waals surface area contributed by atoms with Crippen molar-refractivity contribution in [3.8, 4) is 0 Å². The number of halogens is 2. The van der Waals surface area contributed by atoms with E-state index in [9.17, 15) is 0 Å². The highest BCUT2D eigenvalue weighted by Gasteiger charge is 2.23. The van der Waals surface area contributed by atoms with E-state index in [-0.39, 0.29) is 12.1 Å². The fourth-order valence-corrected chi connectivity index (χ4v) is 2.90. The van der Waals surface area contributed by atoms with Crippen LogP contribution in [0.4, 0.5) is 0 Å². The number of benzene rings is 1. The van der Waals surface area contributed by atoms with Crippen LogP contribution < -0.4 is 5.73 Å². The van der Waals surface area contributed by atoms with Crippen LogP contribution in [-0.2, 0) is 0 Å². The van der Waals surface area contributed by atoms with Gasteiger partial charge in [-0.3, -0.25) is 4.68 Å². The minimum Gasteiger partial charge on any atom is -0.326 e. The molecule has 0 amide bonds. The van der Waals surface area contributed by atoms with E-state index < -0.39 is 0 Å². The molecule has 0 bridgehead atoms. The molecule has 1 heterocycles. The minimum absolute atomic E-state index is 0.0411. The zero-order valence-corrected chi connectivity index (χ0v) is 13.8. The van der Waals surface area contributed by atoms with Gasteiger partial charge in [-0.05, 0) is 40.6 Å². The molecule has 2 atom stereocenters. The van der Waals surface area contributed by atoms with Crippen LogP contribution in [0.5, 0.6) is 0 Å². The van der Waals surface area contributed by atoms with Gasteiger partial charge in [-0.25, -0.2) is 0 Å². The normalized spacial score (nSPS) is 14.4. The summed E-state index contributed by atoms with van der Waals surface area (Å²) in [5.41, 5.74) is 7.45. The van der Waals surface area contributed by atoms with Gasteiger partial charge in [-0.2, -0.15) is 5.10 Å².